The predicted molar refractivity (Wildman–Crippen MR) is 65.5 cm³/mol. The SMILES string of the molecule is CC1CCC(c2ncc(I)c(Cl)n2)C1. The second-order valence-corrected chi connectivity index (χ2v) is 5.50. The first-order valence-corrected chi connectivity index (χ1v) is 6.30. The number of aromatic nitrogens is 2. The Labute approximate surface area is 103 Å². The van der Waals surface area contributed by atoms with Crippen LogP contribution in [0.3, 0.4) is 0 Å². The maximum absolute atomic E-state index is 5.97. The summed E-state index contributed by atoms with van der Waals surface area (Å²) in [5.74, 6) is 2.26. The summed E-state index contributed by atoms with van der Waals surface area (Å²) in [6.45, 7) is 2.29. The first-order chi connectivity index (χ1) is 6.66. The van der Waals surface area contributed by atoms with Crippen molar-refractivity contribution in [2.45, 2.75) is 32.1 Å². The molecule has 0 N–H and O–H groups in total. The topological polar surface area (TPSA) is 25.8 Å². The van der Waals surface area contributed by atoms with Crippen LogP contribution in [-0.2, 0) is 0 Å². The van der Waals surface area contributed by atoms with Crippen LogP contribution in [0.4, 0.5) is 0 Å². The third-order valence-corrected chi connectivity index (χ3v) is 4.18. The summed E-state index contributed by atoms with van der Waals surface area (Å²) in [6, 6.07) is 0. The Balaban J connectivity index is 2.20. The predicted octanol–water partition coefficient (Wildman–Crippen LogP) is 3.64. The molecule has 1 aliphatic rings. The molecular formula is C10H12ClIN2. The van der Waals surface area contributed by atoms with E-state index in [0.29, 0.717) is 11.1 Å². The quantitative estimate of drug-likeness (QED) is 0.583. The molecule has 1 fully saturated rings. The van der Waals surface area contributed by atoms with Crippen LogP contribution < -0.4 is 0 Å². The van der Waals surface area contributed by atoms with E-state index in [1.54, 1.807) is 0 Å². The van der Waals surface area contributed by atoms with Crippen molar-refractivity contribution in [3.8, 4) is 0 Å². The summed E-state index contributed by atoms with van der Waals surface area (Å²) in [7, 11) is 0. The average molecular weight is 323 g/mol. The Hall–Kier alpha value is 0.1000. The molecule has 0 radical (unpaired) electrons. The Kier molecular flexibility index (Phi) is 3.27. The van der Waals surface area contributed by atoms with Gasteiger partial charge in [-0.15, -0.1) is 0 Å². The third-order valence-electron chi connectivity index (χ3n) is 2.78. The van der Waals surface area contributed by atoms with E-state index in [9.17, 15) is 0 Å². The van der Waals surface area contributed by atoms with Gasteiger partial charge in [0.2, 0.25) is 0 Å². The zero-order chi connectivity index (χ0) is 10.1. The monoisotopic (exact) mass is 322 g/mol. The number of hydrogen-bond donors (Lipinski definition) is 0. The molecule has 0 amide bonds. The number of halogens is 2. The zero-order valence-corrected chi connectivity index (χ0v) is 10.9. The highest BCUT2D eigenvalue weighted by Crippen LogP contribution is 2.36. The smallest absolute Gasteiger partial charge is 0.146 e. The Morgan fingerprint density at radius 1 is 1.50 bits per heavy atom. The van der Waals surface area contributed by atoms with Crippen molar-refractivity contribution >= 4 is 34.2 Å². The molecule has 1 saturated carbocycles. The molecule has 2 rings (SSSR count). The van der Waals surface area contributed by atoms with Crippen LogP contribution in [0.1, 0.15) is 37.9 Å². The lowest BCUT2D eigenvalue weighted by atomic mass is 10.1. The number of hydrogen-bond acceptors (Lipinski definition) is 2. The third kappa shape index (κ3) is 2.19. The molecule has 1 heterocycles. The molecular weight excluding hydrogens is 310 g/mol. The highest BCUT2D eigenvalue weighted by Gasteiger charge is 2.25. The van der Waals surface area contributed by atoms with Crippen molar-refractivity contribution in [1.82, 2.24) is 9.97 Å². The van der Waals surface area contributed by atoms with Gasteiger partial charge < -0.3 is 0 Å². The van der Waals surface area contributed by atoms with Crippen molar-refractivity contribution in [2.75, 3.05) is 0 Å². The fourth-order valence-electron chi connectivity index (χ4n) is 2.00. The van der Waals surface area contributed by atoms with E-state index in [0.717, 1.165) is 15.3 Å². The zero-order valence-electron chi connectivity index (χ0n) is 8.00. The highest BCUT2D eigenvalue weighted by atomic mass is 127. The number of nitrogens with zero attached hydrogens (tertiary/aromatic N) is 2. The summed E-state index contributed by atoms with van der Waals surface area (Å²) in [4.78, 5) is 8.69. The van der Waals surface area contributed by atoms with Gasteiger partial charge in [-0.25, -0.2) is 9.97 Å². The lowest BCUT2D eigenvalue weighted by molar-refractivity contribution is 0.585. The molecule has 2 unspecified atom stereocenters. The molecule has 0 aliphatic heterocycles. The van der Waals surface area contributed by atoms with Gasteiger partial charge in [-0.1, -0.05) is 18.5 Å². The molecule has 4 heteroatoms. The van der Waals surface area contributed by atoms with Gasteiger partial charge in [0.05, 0.1) is 3.57 Å². The van der Waals surface area contributed by atoms with E-state index in [-0.39, 0.29) is 0 Å². The fourth-order valence-corrected chi connectivity index (χ4v) is 2.39. The molecule has 2 nitrogen and oxygen atoms in total. The molecule has 1 aromatic heterocycles. The van der Waals surface area contributed by atoms with Crippen LogP contribution in [-0.4, -0.2) is 9.97 Å². The first kappa shape index (κ1) is 10.6. The van der Waals surface area contributed by atoms with Crippen molar-refractivity contribution in [3.05, 3.63) is 20.7 Å². The maximum Gasteiger partial charge on any atom is 0.146 e. The fraction of sp³-hybridized carbons (Fsp3) is 0.600. The Morgan fingerprint density at radius 3 is 2.86 bits per heavy atom. The van der Waals surface area contributed by atoms with E-state index in [2.05, 4.69) is 39.5 Å². The molecule has 14 heavy (non-hydrogen) atoms. The molecule has 76 valence electrons. The summed E-state index contributed by atoms with van der Waals surface area (Å²) in [5.41, 5.74) is 0. The van der Waals surface area contributed by atoms with Crippen LogP contribution in [0, 0.1) is 9.49 Å². The maximum atomic E-state index is 5.97. The minimum Gasteiger partial charge on any atom is -0.240 e. The largest absolute Gasteiger partial charge is 0.240 e. The Morgan fingerprint density at radius 2 is 2.29 bits per heavy atom. The number of rotatable bonds is 1. The van der Waals surface area contributed by atoms with Gasteiger partial charge in [-0.2, -0.15) is 0 Å². The highest BCUT2D eigenvalue weighted by molar-refractivity contribution is 14.1. The summed E-state index contributed by atoms with van der Waals surface area (Å²) >= 11 is 8.12. The van der Waals surface area contributed by atoms with E-state index in [1.807, 2.05) is 6.20 Å². The van der Waals surface area contributed by atoms with Crippen molar-refractivity contribution in [2.24, 2.45) is 5.92 Å². The summed E-state index contributed by atoms with van der Waals surface area (Å²) in [5, 5.41) is 0.593. The molecule has 0 spiro atoms. The van der Waals surface area contributed by atoms with Gasteiger partial charge >= 0.3 is 0 Å². The average Bonchev–Trinajstić information content (AvgIpc) is 2.57. The first-order valence-electron chi connectivity index (χ1n) is 4.84. The van der Waals surface area contributed by atoms with Gasteiger partial charge in [-0.3, -0.25) is 0 Å². The van der Waals surface area contributed by atoms with Gasteiger partial charge in [0.25, 0.3) is 0 Å². The van der Waals surface area contributed by atoms with Gasteiger partial charge in [0.1, 0.15) is 11.0 Å². The molecule has 0 bridgehead atoms. The lowest BCUT2D eigenvalue weighted by Crippen LogP contribution is -2.01. The van der Waals surface area contributed by atoms with Crippen LogP contribution in [0.15, 0.2) is 6.20 Å². The summed E-state index contributed by atoms with van der Waals surface area (Å²) < 4.78 is 0.930. The van der Waals surface area contributed by atoms with E-state index >= 15 is 0 Å². The van der Waals surface area contributed by atoms with Crippen LogP contribution in [0.25, 0.3) is 0 Å². The normalized spacial score (nSPS) is 26.8. The molecule has 1 aromatic rings. The van der Waals surface area contributed by atoms with E-state index < -0.39 is 0 Å². The van der Waals surface area contributed by atoms with Crippen molar-refractivity contribution in [3.63, 3.8) is 0 Å². The molecule has 1 aliphatic carbocycles. The van der Waals surface area contributed by atoms with Gasteiger partial charge in [-0.05, 0) is 47.8 Å². The lowest BCUT2D eigenvalue weighted by Gasteiger charge is -2.08. The van der Waals surface area contributed by atoms with E-state index in [1.165, 1.54) is 19.3 Å². The second-order valence-electron chi connectivity index (χ2n) is 3.98. The van der Waals surface area contributed by atoms with Crippen LogP contribution >= 0.6 is 34.2 Å². The second kappa shape index (κ2) is 4.31. The van der Waals surface area contributed by atoms with Gasteiger partial charge in [0.15, 0.2) is 0 Å². The molecule has 2 atom stereocenters. The van der Waals surface area contributed by atoms with Crippen LogP contribution in [0.5, 0.6) is 0 Å². The van der Waals surface area contributed by atoms with Crippen molar-refractivity contribution < 1.29 is 0 Å². The van der Waals surface area contributed by atoms with E-state index in [4.69, 9.17) is 11.6 Å². The minimum absolute atomic E-state index is 0.527. The molecule has 0 saturated heterocycles. The van der Waals surface area contributed by atoms with Crippen LogP contribution in [0.2, 0.25) is 5.15 Å². The molecule has 0 aromatic carbocycles. The Bertz CT molecular complexity index is 343. The summed E-state index contributed by atoms with van der Waals surface area (Å²) in [6.07, 6.45) is 5.51. The van der Waals surface area contributed by atoms with Crippen molar-refractivity contribution in [1.29, 1.82) is 0 Å². The minimum atomic E-state index is 0.527. The van der Waals surface area contributed by atoms with Gasteiger partial charge in [0, 0.05) is 12.1 Å². The standard InChI is InChI=1S/C10H12ClIN2/c1-6-2-3-7(4-6)10-13-5-8(12)9(11)14-10/h5-7H,2-4H2,1H3.